The molecule has 0 unspecified atom stereocenters. The quantitative estimate of drug-likeness (QED) is 0.354. The minimum Gasteiger partial charge on any atom is -0.464 e. The third-order valence-electron chi connectivity index (χ3n) is 4.83. The van der Waals surface area contributed by atoms with Gasteiger partial charge in [0, 0.05) is 21.0 Å². The van der Waals surface area contributed by atoms with Gasteiger partial charge in [0.05, 0.1) is 18.4 Å². The molecule has 1 aromatic heterocycles. The number of halogens is 2. The fraction of sp³-hybridized carbons (Fsp3) is 0.125. The van der Waals surface area contributed by atoms with Crippen LogP contribution < -0.4 is 10.1 Å². The van der Waals surface area contributed by atoms with Gasteiger partial charge in [-0.05, 0) is 61.4 Å². The van der Waals surface area contributed by atoms with Gasteiger partial charge in [-0.3, -0.25) is 4.79 Å². The number of anilines is 1. The van der Waals surface area contributed by atoms with Gasteiger partial charge in [0.25, 0.3) is 0 Å². The summed E-state index contributed by atoms with van der Waals surface area (Å²) in [4.78, 5) is 12.8. The molecule has 6 heteroatoms. The number of carbonyl (C=O) groups excluding carboxylic acids is 1. The van der Waals surface area contributed by atoms with Crippen LogP contribution in [-0.2, 0) is 11.2 Å². The normalized spacial score (nSPS) is 10.9. The predicted molar refractivity (Wildman–Crippen MR) is 121 cm³/mol. The number of aryl methyl sites for hydroxylation is 2. The molecule has 1 amide bonds. The Morgan fingerprint density at radius 2 is 1.83 bits per heavy atom. The molecule has 0 radical (unpaired) electrons. The zero-order valence-corrected chi connectivity index (χ0v) is 18.0. The molecule has 0 saturated carbocycles. The summed E-state index contributed by atoms with van der Waals surface area (Å²) >= 11 is 12.5. The maximum atomic E-state index is 12.8. The summed E-state index contributed by atoms with van der Waals surface area (Å²) < 4.78 is 11.6. The summed E-state index contributed by atoms with van der Waals surface area (Å²) in [5, 5.41) is 4.94. The second kappa shape index (κ2) is 8.42. The molecule has 0 bridgehead atoms. The first kappa shape index (κ1) is 20.3. The van der Waals surface area contributed by atoms with Crippen LogP contribution in [0.5, 0.6) is 11.5 Å². The third-order valence-corrected chi connectivity index (χ3v) is 5.65. The van der Waals surface area contributed by atoms with Gasteiger partial charge >= 0.3 is 0 Å². The van der Waals surface area contributed by atoms with Crippen molar-refractivity contribution in [3.8, 4) is 11.5 Å². The van der Waals surface area contributed by atoms with E-state index in [2.05, 4.69) is 5.32 Å². The van der Waals surface area contributed by atoms with E-state index in [9.17, 15) is 4.79 Å². The number of hydrogen-bond acceptors (Lipinski definition) is 3. The van der Waals surface area contributed by atoms with Crippen LogP contribution in [0.4, 0.5) is 5.69 Å². The SMILES string of the molecule is Cc1cc2occ(CC(=O)Nc3cc(Cl)ccc3Oc3ccccc3)c2c(C)c1Cl. The van der Waals surface area contributed by atoms with E-state index in [1.165, 1.54) is 0 Å². The summed E-state index contributed by atoms with van der Waals surface area (Å²) in [6, 6.07) is 16.3. The van der Waals surface area contributed by atoms with E-state index in [0.717, 1.165) is 22.1 Å². The molecule has 152 valence electrons. The zero-order valence-electron chi connectivity index (χ0n) is 16.5. The molecule has 0 aliphatic carbocycles. The molecule has 1 N–H and O–H groups in total. The Morgan fingerprint density at radius 1 is 1.07 bits per heavy atom. The van der Waals surface area contributed by atoms with E-state index in [0.29, 0.717) is 32.8 Å². The van der Waals surface area contributed by atoms with E-state index in [4.69, 9.17) is 32.4 Å². The van der Waals surface area contributed by atoms with E-state index in [-0.39, 0.29) is 12.3 Å². The van der Waals surface area contributed by atoms with Gasteiger partial charge in [-0.15, -0.1) is 0 Å². The van der Waals surface area contributed by atoms with Crippen molar-refractivity contribution in [2.75, 3.05) is 5.32 Å². The average molecular weight is 440 g/mol. The first-order valence-corrected chi connectivity index (χ1v) is 10.2. The van der Waals surface area contributed by atoms with Crippen molar-refractivity contribution < 1.29 is 13.9 Å². The first-order chi connectivity index (χ1) is 14.4. The Morgan fingerprint density at radius 3 is 2.60 bits per heavy atom. The fourth-order valence-electron chi connectivity index (χ4n) is 3.41. The van der Waals surface area contributed by atoms with Gasteiger partial charge in [0.15, 0.2) is 5.75 Å². The smallest absolute Gasteiger partial charge is 0.229 e. The molecule has 0 spiro atoms. The highest BCUT2D eigenvalue weighted by molar-refractivity contribution is 6.33. The number of para-hydroxylation sites is 1. The molecule has 4 aromatic rings. The lowest BCUT2D eigenvalue weighted by molar-refractivity contribution is -0.115. The summed E-state index contributed by atoms with van der Waals surface area (Å²) in [6.07, 6.45) is 1.73. The highest BCUT2D eigenvalue weighted by atomic mass is 35.5. The van der Waals surface area contributed by atoms with Crippen LogP contribution in [0.2, 0.25) is 10.0 Å². The maximum absolute atomic E-state index is 12.8. The molecule has 4 nitrogen and oxygen atoms in total. The van der Waals surface area contributed by atoms with E-state index in [1.54, 1.807) is 24.5 Å². The monoisotopic (exact) mass is 439 g/mol. The van der Waals surface area contributed by atoms with Crippen molar-refractivity contribution >= 4 is 45.8 Å². The van der Waals surface area contributed by atoms with Crippen LogP contribution in [0.15, 0.2) is 65.3 Å². The Balaban J connectivity index is 1.59. The Kier molecular flexibility index (Phi) is 5.71. The first-order valence-electron chi connectivity index (χ1n) is 9.40. The number of hydrogen-bond donors (Lipinski definition) is 1. The highest BCUT2D eigenvalue weighted by Crippen LogP contribution is 2.34. The standard InChI is InChI=1S/C24H19Cl2NO3/c1-14-10-21-23(15(2)24(14)26)16(13-29-21)11-22(28)27-19-12-17(25)8-9-20(19)30-18-6-4-3-5-7-18/h3-10,12-13H,11H2,1-2H3,(H,27,28). The maximum Gasteiger partial charge on any atom is 0.229 e. The van der Waals surface area contributed by atoms with Crippen LogP contribution in [-0.4, -0.2) is 5.91 Å². The van der Waals surface area contributed by atoms with Gasteiger partial charge in [-0.2, -0.15) is 0 Å². The Hall–Kier alpha value is -2.95. The second-order valence-electron chi connectivity index (χ2n) is 7.05. The molecule has 0 fully saturated rings. The van der Waals surface area contributed by atoms with Gasteiger partial charge in [-0.1, -0.05) is 41.4 Å². The lowest BCUT2D eigenvalue weighted by Crippen LogP contribution is -2.15. The second-order valence-corrected chi connectivity index (χ2v) is 7.86. The predicted octanol–water partition coefficient (Wildman–Crippen LogP) is 7.33. The number of fused-ring (bicyclic) bond motifs is 1. The zero-order chi connectivity index (χ0) is 21.3. The summed E-state index contributed by atoms with van der Waals surface area (Å²) in [5.41, 5.74) is 3.82. The summed E-state index contributed by atoms with van der Waals surface area (Å²) in [5.74, 6) is 0.955. The van der Waals surface area contributed by atoms with Gasteiger partial charge in [0.1, 0.15) is 11.3 Å². The number of furan rings is 1. The number of rotatable bonds is 5. The highest BCUT2D eigenvalue weighted by Gasteiger charge is 2.17. The molecule has 0 aliphatic rings. The Bertz CT molecular complexity index is 1230. The van der Waals surface area contributed by atoms with Gasteiger partial charge in [0.2, 0.25) is 5.91 Å². The molecular formula is C24H19Cl2NO3. The molecule has 0 aliphatic heterocycles. The van der Waals surface area contributed by atoms with Crippen molar-refractivity contribution in [1.29, 1.82) is 0 Å². The van der Waals surface area contributed by atoms with Crippen LogP contribution in [0.25, 0.3) is 11.0 Å². The topological polar surface area (TPSA) is 51.5 Å². The number of ether oxygens (including phenoxy) is 1. The molecular weight excluding hydrogens is 421 g/mol. The number of benzene rings is 3. The molecule has 30 heavy (non-hydrogen) atoms. The van der Waals surface area contributed by atoms with Crippen LogP contribution in [0.1, 0.15) is 16.7 Å². The minimum absolute atomic E-state index is 0.129. The van der Waals surface area contributed by atoms with E-state index < -0.39 is 0 Å². The van der Waals surface area contributed by atoms with E-state index in [1.807, 2.05) is 50.2 Å². The third kappa shape index (κ3) is 4.16. The Labute approximate surface area is 184 Å². The van der Waals surface area contributed by atoms with Crippen molar-refractivity contribution in [1.82, 2.24) is 0 Å². The molecule has 4 rings (SSSR count). The molecule has 0 atom stereocenters. The number of carbonyl (C=O) groups is 1. The van der Waals surface area contributed by atoms with Crippen LogP contribution >= 0.6 is 23.2 Å². The van der Waals surface area contributed by atoms with Crippen molar-refractivity contribution in [2.45, 2.75) is 20.3 Å². The fourth-order valence-corrected chi connectivity index (χ4v) is 3.73. The van der Waals surface area contributed by atoms with Crippen LogP contribution in [0, 0.1) is 13.8 Å². The number of amides is 1. The lowest BCUT2D eigenvalue weighted by atomic mass is 10.0. The van der Waals surface area contributed by atoms with Crippen molar-refractivity contribution in [3.63, 3.8) is 0 Å². The largest absolute Gasteiger partial charge is 0.464 e. The van der Waals surface area contributed by atoms with E-state index >= 15 is 0 Å². The van der Waals surface area contributed by atoms with Crippen LogP contribution in [0.3, 0.4) is 0 Å². The minimum atomic E-state index is -0.214. The molecule has 3 aromatic carbocycles. The number of nitrogens with one attached hydrogen (secondary N) is 1. The molecule has 1 heterocycles. The summed E-state index contributed by atoms with van der Waals surface area (Å²) in [6.45, 7) is 3.86. The van der Waals surface area contributed by atoms with Crippen molar-refractivity contribution in [3.05, 3.63) is 87.6 Å². The van der Waals surface area contributed by atoms with Crippen molar-refractivity contribution in [2.24, 2.45) is 0 Å². The van der Waals surface area contributed by atoms with Gasteiger partial charge < -0.3 is 14.5 Å². The van der Waals surface area contributed by atoms with Gasteiger partial charge in [-0.25, -0.2) is 0 Å². The lowest BCUT2D eigenvalue weighted by Gasteiger charge is -2.13. The average Bonchev–Trinajstić information content (AvgIpc) is 3.11. The summed E-state index contributed by atoms with van der Waals surface area (Å²) in [7, 11) is 0. The molecule has 0 saturated heterocycles.